The normalized spacial score (nSPS) is 14.1. The number of halogens is 1. The number of para-hydroxylation sites is 2. The first-order valence-corrected chi connectivity index (χ1v) is 5.66. The molecule has 1 amide bonds. The van der Waals surface area contributed by atoms with Crippen molar-refractivity contribution in [1.82, 2.24) is 0 Å². The largest absolute Gasteiger partial charge is 0.330 e. The molecular weight excluding hydrogens is 231 g/mol. The summed E-state index contributed by atoms with van der Waals surface area (Å²) in [5.41, 5.74) is 2.30. The number of anilines is 3. The predicted molar refractivity (Wildman–Crippen MR) is 68.5 cm³/mol. The topological polar surface area (TPSA) is 32.3 Å². The molecule has 18 heavy (non-hydrogen) atoms. The average Bonchev–Trinajstić information content (AvgIpc) is 2.37. The number of nitrogens with one attached hydrogen (secondary N) is 1. The molecule has 4 heteroatoms. The third-order valence-corrected chi connectivity index (χ3v) is 2.89. The minimum Gasteiger partial charge on any atom is -0.330 e. The van der Waals surface area contributed by atoms with Crippen molar-refractivity contribution in [3.05, 3.63) is 54.3 Å². The minimum absolute atomic E-state index is 0.0991. The summed E-state index contributed by atoms with van der Waals surface area (Å²) in [4.78, 5) is 13.5. The summed E-state index contributed by atoms with van der Waals surface area (Å²) < 4.78 is 13.3. The van der Waals surface area contributed by atoms with Crippen molar-refractivity contribution in [1.29, 1.82) is 0 Å². The van der Waals surface area contributed by atoms with Crippen LogP contribution in [0.3, 0.4) is 0 Å². The van der Waals surface area contributed by atoms with Gasteiger partial charge in [-0.3, -0.25) is 4.79 Å². The van der Waals surface area contributed by atoms with Crippen LogP contribution in [0.2, 0.25) is 0 Å². The SMILES string of the molecule is O=C1CN(c2cccc(F)c2)c2ccccc2N1. The number of nitrogens with zero attached hydrogens (tertiary/aromatic N) is 1. The Morgan fingerprint density at radius 3 is 2.78 bits per heavy atom. The van der Waals surface area contributed by atoms with E-state index < -0.39 is 0 Å². The summed E-state index contributed by atoms with van der Waals surface area (Å²) in [6.07, 6.45) is 0. The van der Waals surface area contributed by atoms with E-state index in [1.807, 2.05) is 24.3 Å². The number of fused-ring (bicyclic) bond motifs is 1. The summed E-state index contributed by atoms with van der Waals surface area (Å²) in [7, 11) is 0. The number of rotatable bonds is 1. The maximum atomic E-state index is 13.3. The van der Waals surface area contributed by atoms with Crippen molar-refractivity contribution in [2.24, 2.45) is 0 Å². The molecule has 0 spiro atoms. The molecule has 2 aromatic rings. The number of hydrogen-bond donors (Lipinski definition) is 1. The Hall–Kier alpha value is -2.36. The van der Waals surface area contributed by atoms with E-state index in [1.54, 1.807) is 17.0 Å². The molecule has 90 valence electrons. The van der Waals surface area contributed by atoms with Crippen molar-refractivity contribution in [3.63, 3.8) is 0 Å². The molecule has 0 saturated heterocycles. The molecule has 0 atom stereocenters. The summed E-state index contributed by atoms with van der Waals surface area (Å²) in [5, 5.41) is 2.80. The Labute approximate surface area is 104 Å². The second-order valence-electron chi connectivity index (χ2n) is 4.13. The summed E-state index contributed by atoms with van der Waals surface area (Å²) in [6, 6.07) is 13.7. The van der Waals surface area contributed by atoms with E-state index in [4.69, 9.17) is 0 Å². The second kappa shape index (κ2) is 4.14. The fraction of sp³-hybridized carbons (Fsp3) is 0.0714. The lowest BCUT2D eigenvalue weighted by molar-refractivity contribution is -0.115. The van der Waals surface area contributed by atoms with Crippen LogP contribution in [-0.2, 0) is 4.79 Å². The summed E-state index contributed by atoms with van der Waals surface area (Å²) in [6.45, 7) is 0.195. The maximum Gasteiger partial charge on any atom is 0.244 e. The van der Waals surface area contributed by atoms with Gasteiger partial charge in [0.1, 0.15) is 12.4 Å². The average molecular weight is 242 g/mol. The Morgan fingerprint density at radius 1 is 1.11 bits per heavy atom. The third kappa shape index (κ3) is 1.82. The van der Waals surface area contributed by atoms with E-state index in [2.05, 4.69) is 5.32 Å². The monoisotopic (exact) mass is 242 g/mol. The molecule has 1 heterocycles. The van der Waals surface area contributed by atoms with Crippen LogP contribution in [0, 0.1) is 5.82 Å². The van der Waals surface area contributed by atoms with E-state index in [9.17, 15) is 9.18 Å². The van der Waals surface area contributed by atoms with Gasteiger partial charge in [0.25, 0.3) is 0 Å². The van der Waals surface area contributed by atoms with Gasteiger partial charge in [0.2, 0.25) is 5.91 Å². The zero-order valence-electron chi connectivity index (χ0n) is 9.56. The number of benzene rings is 2. The Morgan fingerprint density at radius 2 is 1.94 bits per heavy atom. The first-order valence-electron chi connectivity index (χ1n) is 5.66. The van der Waals surface area contributed by atoms with Crippen LogP contribution >= 0.6 is 0 Å². The third-order valence-electron chi connectivity index (χ3n) is 2.89. The van der Waals surface area contributed by atoms with E-state index >= 15 is 0 Å². The summed E-state index contributed by atoms with van der Waals surface area (Å²) >= 11 is 0. The van der Waals surface area contributed by atoms with Crippen molar-refractivity contribution in [3.8, 4) is 0 Å². The number of hydrogen-bond acceptors (Lipinski definition) is 2. The van der Waals surface area contributed by atoms with Crippen LogP contribution in [0.4, 0.5) is 21.5 Å². The quantitative estimate of drug-likeness (QED) is 0.833. The number of carbonyl (C=O) groups excluding carboxylic acids is 1. The Bertz CT molecular complexity index is 612. The van der Waals surface area contributed by atoms with Crippen molar-refractivity contribution in [2.75, 3.05) is 16.8 Å². The smallest absolute Gasteiger partial charge is 0.244 e. The van der Waals surface area contributed by atoms with Crippen LogP contribution in [-0.4, -0.2) is 12.5 Å². The van der Waals surface area contributed by atoms with Gasteiger partial charge in [0.15, 0.2) is 0 Å². The van der Waals surface area contributed by atoms with Gasteiger partial charge in [-0.1, -0.05) is 18.2 Å². The molecule has 0 aromatic heterocycles. The highest BCUT2D eigenvalue weighted by Crippen LogP contribution is 2.34. The lowest BCUT2D eigenvalue weighted by atomic mass is 10.1. The molecule has 0 bridgehead atoms. The van der Waals surface area contributed by atoms with E-state index in [0.717, 1.165) is 11.4 Å². The first kappa shape index (κ1) is 10.8. The molecule has 3 nitrogen and oxygen atoms in total. The van der Waals surface area contributed by atoms with Crippen molar-refractivity contribution >= 4 is 23.0 Å². The molecule has 1 aliphatic heterocycles. The molecule has 1 aliphatic rings. The molecule has 0 fully saturated rings. The molecule has 3 rings (SSSR count). The van der Waals surface area contributed by atoms with Gasteiger partial charge in [0.05, 0.1) is 11.4 Å². The van der Waals surface area contributed by atoms with Gasteiger partial charge in [-0.25, -0.2) is 4.39 Å². The molecule has 0 aliphatic carbocycles. The zero-order chi connectivity index (χ0) is 12.5. The molecule has 0 unspecified atom stereocenters. The van der Waals surface area contributed by atoms with Crippen LogP contribution < -0.4 is 10.2 Å². The van der Waals surface area contributed by atoms with Gasteiger partial charge in [-0.15, -0.1) is 0 Å². The summed E-state index contributed by atoms with van der Waals surface area (Å²) in [5.74, 6) is -0.408. The Kier molecular flexibility index (Phi) is 2.48. The predicted octanol–water partition coefficient (Wildman–Crippen LogP) is 2.92. The van der Waals surface area contributed by atoms with Crippen molar-refractivity contribution < 1.29 is 9.18 Å². The van der Waals surface area contributed by atoms with Gasteiger partial charge < -0.3 is 10.2 Å². The maximum absolute atomic E-state index is 13.3. The zero-order valence-corrected chi connectivity index (χ0v) is 9.56. The van der Waals surface area contributed by atoms with Gasteiger partial charge in [-0.2, -0.15) is 0 Å². The van der Waals surface area contributed by atoms with E-state index in [0.29, 0.717) is 5.69 Å². The fourth-order valence-electron chi connectivity index (χ4n) is 2.11. The van der Waals surface area contributed by atoms with E-state index in [1.165, 1.54) is 12.1 Å². The minimum atomic E-state index is -0.309. The second-order valence-corrected chi connectivity index (χ2v) is 4.13. The highest BCUT2D eigenvalue weighted by molar-refractivity contribution is 6.03. The lowest BCUT2D eigenvalue weighted by Crippen LogP contribution is -2.34. The Balaban J connectivity index is 2.10. The molecule has 2 aromatic carbocycles. The van der Waals surface area contributed by atoms with Crippen LogP contribution in [0.5, 0.6) is 0 Å². The van der Waals surface area contributed by atoms with Crippen LogP contribution in [0.15, 0.2) is 48.5 Å². The van der Waals surface area contributed by atoms with Gasteiger partial charge in [-0.05, 0) is 30.3 Å². The van der Waals surface area contributed by atoms with Gasteiger partial charge >= 0.3 is 0 Å². The fourth-order valence-corrected chi connectivity index (χ4v) is 2.11. The highest BCUT2D eigenvalue weighted by Gasteiger charge is 2.22. The highest BCUT2D eigenvalue weighted by atomic mass is 19.1. The van der Waals surface area contributed by atoms with E-state index in [-0.39, 0.29) is 18.3 Å². The van der Waals surface area contributed by atoms with Crippen LogP contribution in [0.1, 0.15) is 0 Å². The molecule has 1 N–H and O–H groups in total. The van der Waals surface area contributed by atoms with Gasteiger partial charge in [0, 0.05) is 5.69 Å². The molecular formula is C14H11FN2O. The van der Waals surface area contributed by atoms with Crippen LogP contribution in [0.25, 0.3) is 0 Å². The standard InChI is InChI=1S/C14H11FN2O/c15-10-4-3-5-11(8-10)17-9-14(18)16-12-6-1-2-7-13(12)17/h1-8H,9H2,(H,16,18). The lowest BCUT2D eigenvalue weighted by Gasteiger charge is -2.30. The number of amides is 1. The van der Waals surface area contributed by atoms with Crippen molar-refractivity contribution in [2.45, 2.75) is 0 Å². The molecule has 0 saturated carbocycles. The molecule has 0 radical (unpaired) electrons. The number of carbonyl (C=O) groups is 1. The first-order chi connectivity index (χ1) is 8.74.